The molecule has 1 fully saturated rings. The monoisotopic (exact) mass is 266 g/mol. The van der Waals surface area contributed by atoms with Gasteiger partial charge in [0.1, 0.15) is 12.0 Å². The highest BCUT2D eigenvalue weighted by atomic mass is 16.4. The van der Waals surface area contributed by atoms with Crippen LogP contribution >= 0.6 is 0 Å². The number of piperidine rings is 1. The Morgan fingerprint density at radius 2 is 2.26 bits per heavy atom. The van der Waals surface area contributed by atoms with E-state index < -0.39 is 5.97 Å². The van der Waals surface area contributed by atoms with Gasteiger partial charge in [0.2, 0.25) is 0 Å². The van der Waals surface area contributed by atoms with Crippen LogP contribution in [0.2, 0.25) is 0 Å². The van der Waals surface area contributed by atoms with E-state index in [9.17, 15) is 4.79 Å². The van der Waals surface area contributed by atoms with Crippen molar-refractivity contribution in [3.8, 4) is 0 Å². The molecule has 0 radical (unpaired) electrons. The number of carboxylic acid groups (broad SMARTS) is 1. The Morgan fingerprint density at radius 1 is 1.53 bits per heavy atom. The van der Waals surface area contributed by atoms with Gasteiger partial charge in [-0.05, 0) is 45.0 Å². The molecule has 5 nitrogen and oxygen atoms in total. The molecule has 1 aliphatic rings. The van der Waals surface area contributed by atoms with Crippen LogP contribution in [0.25, 0.3) is 0 Å². The minimum Gasteiger partial charge on any atom is -0.478 e. The number of rotatable bonds is 6. The predicted octanol–water partition coefficient (Wildman–Crippen LogP) is 1.94. The topological polar surface area (TPSA) is 65.7 Å². The van der Waals surface area contributed by atoms with Gasteiger partial charge in [-0.1, -0.05) is 6.92 Å². The van der Waals surface area contributed by atoms with E-state index in [-0.39, 0.29) is 5.56 Å². The molecule has 2 N–H and O–H groups in total. The molecule has 106 valence electrons. The van der Waals surface area contributed by atoms with Crippen molar-refractivity contribution in [1.29, 1.82) is 0 Å². The maximum Gasteiger partial charge on any atom is 0.338 e. The lowest BCUT2D eigenvalue weighted by atomic mass is 10.0. The molecule has 1 saturated heterocycles. The molecule has 0 atom stereocenters. The number of hydrogen-bond donors (Lipinski definition) is 2. The summed E-state index contributed by atoms with van der Waals surface area (Å²) in [7, 11) is 0. The zero-order valence-electron chi connectivity index (χ0n) is 11.4. The van der Waals surface area contributed by atoms with Crippen LogP contribution in [0, 0.1) is 0 Å². The van der Waals surface area contributed by atoms with E-state index in [1.54, 1.807) is 6.07 Å². The van der Waals surface area contributed by atoms with Gasteiger partial charge in [-0.25, -0.2) is 4.79 Å². The maximum absolute atomic E-state index is 10.8. The number of aromatic carboxylic acids is 1. The number of nitrogens with zero attached hydrogens (tertiary/aromatic N) is 1. The molecule has 1 aromatic rings. The molecule has 0 spiro atoms. The standard InChI is InChI=1S/C14H22N2O3/c1-2-7-16(12-3-5-15-6-4-12)9-13-8-11(10-19-13)14(17)18/h8,10,12,15H,2-7,9H2,1H3,(H,17,18). The van der Waals surface area contributed by atoms with Crippen molar-refractivity contribution in [3.63, 3.8) is 0 Å². The van der Waals surface area contributed by atoms with Crippen LogP contribution in [0.3, 0.4) is 0 Å². The first-order chi connectivity index (χ1) is 9.20. The first-order valence-corrected chi connectivity index (χ1v) is 6.96. The quantitative estimate of drug-likeness (QED) is 0.823. The van der Waals surface area contributed by atoms with E-state index in [1.165, 1.54) is 6.26 Å². The molecule has 0 saturated carbocycles. The minimum atomic E-state index is -0.932. The predicted molar refractivity (Wildman–Crippen MR) is 72.3 cm³/mol. The molecular formula is C14H22N2O3. The third-order valence-corrected chi connectivity index (χ3v) is 3.60. The number of furan rings is 1. The van der Waals surface area contributed by atoms with E-state index >= 15 is 0 Å². The van der Waals surface area contributed by atoms with Gasteiger partial charge in [0.25, 0.3) is 0 Å². The summed E-state index contributed by atoms with van der Waals surface area (Å²) in [6.07, 6.45) is 4.71. The van der Waals surface area contributed by atoms with Gasteiger partial charge in [-0.15, -0.1) is 0 Å². The number of carboxylic acids is 1. The Kier molecular flexibility index (Phi) is 4.99. The molecule has 1 aliphatic heterocycles. The highest BCUT2D eigenvalue weighted by Gasteiger charge is 2.21. The van der Waals surface area contributed by atoms with Crippen molar-refractivity contribution in [2.45, 2.75) is 38.8 Å². The lowest BCUT2D eigenvalue weighted by molar-refractivity contribution is 0.0696. The minimum absolute atomic E-state index is 0.233. The Labute approximate surface area is 113 Å². The van der Waals surface area contributed by atoms with Crippen molar-refractivity contribution in [3.05, 3.63) is 23.7 Å². The number of carbonyl (C=O) groups is 1. The van der Waals surface area contributed by atoms with E-state index in [1.807, 2.05) is 0 Å². The second kappa shape index (κ2) is 6.73. The van der Waals surface area contributed by atoms with Crippen LogP contribution < -0.4 is 5.32 Å². The van der Waals surface area contributed by atoms with Gasteiger partial charge in [0.15, 0.2) is 0 Å². The molecule has 2 heterocycles. The summed E-state index contributed by atoms with van der Waals surface area (Å²) in [5, 5.41) is 12.3. The van der Waals surface area contributed by atoms with Crippen molar-refractivity contribution in [1.82, 2.24) is 10.2 Å². The van der Waals surface area contributed by atoms with Crippen LogP contribution in [0.5, 0.6) is 0 Å². The fourth-order valence-corrected chi connectivity index (χ4v) is 2.63. The summed E-state index contributed by atoms with van der Waals surface area (Å²) in [6.45, 7) is 6.01. The summed E-state index contributed by atoms with van der Waals surface area (Å²) in [5.74, 6) is -0.191. The molecule has 0 aromatic carbocycles. The number of nitrogens with one attached hydrogen (secondary N) is 1. The molecule has 0 amide bonds. The van der Waals surface area contributed by atoms with Crippen LogP contribution in [0.15, 0.2) is 16.7 Å². The summed E-state index contributed by atoms with van der Waals surface area (Å²) >= 11 is 0. The smallest absolute Gasteiger partial charge is 0.338 e. The normalized spacial score (nSPS) is 16.9. The van der Waals surface area contributed by atoms with Crippen LogP contribution in [-0.4, -0.2) is 41.7 Å². The van der Waals surface area contributed by atoms with E-state index in [4.69, 9.17) is 9.52 Å². The third kappa shape index (κ3) is 3.81. The zero-order valence-corrected chi connectivity index (χ0v) is 11.4. The lowest BCUT2D eigenvalue weighted by Crippen LogP contribution is -2.43. The fraction of sp³-hybridized carbons (Fsp3) is 0.643. The summed E-state index contributed by atoms with van der Waals surface area (Å²) < 4.78 is 5.36. The van der Waals surface area contributed by atoms with Crippen molar-refractivity contribution >= 4 is 5.97 Å². The van der Waals surface area contributed by atoms with Crippen molar-refractivity contribution < 1.29 is 14.3 Å². The van der Waals surface area contributed by atoms with Crippen LogP contribution in [0.1, 0.15) is 42.3 Å². The second-order valence-corrected chi connectivity index (χ2v) is 5.06. The Morgan fingerprint density at radius 3 is 2.84 bits per heavy atom. The fourth-order valence-electron chi connectivity index (χ4n) is 2.63. The molecule has 0 bridgehead atoms. The second-order valence-electron chi connectivity index (χ2n) is 5.06. The van der Waals surface area contributed by atoms with Gasteiger partial charge in [-0.2, -0.15) is 0 Å². The van der Waals surface area contributed by atoms with E-state index in [0.29, 0.717) is 12.6 Å². The molecule has 2 rings (SSSR count). The van der Waals surface area contributed by atoms with Gasteiger partial charge < -0.3 is 14.8 Å². The average Bonchev–Trinajstić information content (AvgIpc) is 2.88. The van der Waals surface area contributed by atoms with E-state index in [2.05, 4.69) is 17.1 Å². The summed E-state index contributed by atoms with van der Waals surface area (Å²) in [5.41, 5.74) is 0.233. The summed E-state index contributed by atoms with van der Waals surface area (Å²) in [4.78, 5) is 13.3. The van der Waals surface area contributed by atoms with Gasteiger partial charge in [0.05, 0.1) is 12.1 Å². The average molecular weight is 266 g/mol. The molecule has 19 heavy (non-hydrogen) atoms. The van der Waals surface area contributed by atoms with Crippen LogP contribution in [0.4, 0.5) is 0 Å². The Balaban J connectivity index is 2.00. The molecule has 5 heteroatoms. The summed E-state index contributed by atoms with van der Waals surface area (Å²) in [6, 6.07) is 2.20. The van der Waals surface area contributed by atoms with Gasteiger partial charge >= 0.3 is 5.97 Å². The van der Waals surface area contributed by atoms with Crippen molar-refractivity contribution in [2.75, 3.05) is 19.6 Å². The Bertz CT molecular complexity index is 411. The van der Waals surface area contributed by atoms with Gasteiger partial charge in [-0.3, -0.25) is 4.90 Å². The van der Waals surface area contributed by atoms with Crippen LogP contribution in [-0.2, 0) is 6.54 Å². The zero-order chi connectivity index (χ0) is 13.7. The number of hydrogen-bond acceptors (Lipinski definition) is 4. The van der Waals surface area contributed by atoms with Gasteiger partial charge in [0, 0.05) is 6.04 Å². The SMILES string of the molecule is CCCN(Cc1cc(C(=O)O)co1)C1CCNCC1. The highest BCUT2D eigenvalue weighted by Crippen LogP contribution is 2.17. The molecule has 0 aliphatic carbocycles. The first-order valence-electron chi connectivity index (χ1n) is 6.96. The maximum atomic E-state index is 10.8. The molecule has 1 aromatic heterocycles. The third-order valence-electron chi connectivity index (χ3n) is 3.60. The molecular weight excluding hydrogens is 244 g/mol. The first kappa shape index (κ1) is 14.1. The van der Waals surface area contributed by atoms with Crippen molar-refractivity contribution in [2.24, 2.45) is 0 Å². The lowest BCUT2D eigenvalue weighted by Gasteiger charge is -2.33. The highest BCUT2D eigenvalue weighted by molar-refractivity contribution is 5.87. The largest absolute Gasteiger partial charge is 0.478 e. The van der Waals surface area contributed by atoms with E-state index in [0.717, 1.165) is 44.7 Å². The Hall–Kier alpha value is -1.33. The molecule has 0 unspecified atom stereocenters.